The van der Waals surface area contributed by atoms with Crippen LogP contribution in [0.3, 0.4) is 0 Å². The largest absolute Gasteiger partial charge is 0.299 e. The van der Waals surface area contributed by atoms with Crippen molar-refractivity contribution < 1.29 is 4.79 Å². The summed E-state index contributed by atoms with van der Waals surface area (Å²) in [5.74, 6) is 1.84. The molecule has 2 rings (SSSR count). The lowest BCUT2D eigenvalue weighted by Gasteiger charge is -2.34. The van der Waals surface area contributed by atoms with Gasteiger partial charge in [0.2, 0.25) is 0 Å². The summed E-state index contributed by atoms with van der Waals surface area (Å²) in [5, 5.41) is 2.12. The molecule has 0 aliphatic heterocycles. The number of rotatable bonds is 5. The lowest BCUT2D eigenvalue weighted by molar-refractivity contribution is -0.128. The molecule has 19 heavy (non-hydrogen) atoms. The highest BCUT2D eigenvalue weighted by atomic mass is 32.1. The molecular formula is C16H25NOS. The minimum absolute atomic E-state index is 0.246. The SMILES string of the molecule is CCN(Cc1cccs1)CC1C(=O)CC(C)CC1C. The fraction of sp³-hybridized carbons (Fsp3) is 0.688. The van der Waals surface area contributed by atoms with Crippen molar-refractivity contribution in [3.05, 3.63) is 22.4 Å². The molecular weight excluding hydrogens is 254 g/mol. The topological polar surface area (TPSA) is 20.3 Å². The van der Waals surface area contributed by atoms with Gasteiger partial charge < -0.3 is 0 Å². The number of hydrogen-bond acceptors (Lipinski definition) is 3. The van der Waals surface area contributed by atoms with Gasteiger partial charge in [0.25, 0.3) is 0 Å². The number of Topliss-reactive ketones (excluding diaryl/α,β-unsaturated/α-hetero) is 1. The minimum atomic E-state index is 0.246. The molecule has 1 saturated carbocycles. The number of carbonyl (C=O) groups excluding carboxylic acids is 1. The number of carbonyl (C=O) groups is 1. The molecule has 0 radical (unpaired) electrons. The van der Waals surface area contributed by atoms with Gasteiger partial charge in [-0.1, -0.05) is 26.8 Å². The summed E-state index contributed by atoms with van der Waals surface area (Å²) in [4.78, 5) is 16.1. The van der Waals surface area contributed by atoms with Gasteiger partial charge in [0.15, 0.2) is 0 Å². The Hall–Kier alpha value is -0.670. The van der Waals surface area contributed by atoms with Crippen molar-refractivity contribution in [3.63, 3.8) is 0 Å². The predicted molar refractivity (Wildman–Crippen MR) is 81.3 cm³/mol. The first-order valence-corrected chi connectivity index (χ1v) is 8.25. The van der Waals surface area contributed by atoms with Crippen molar-refractivity contribution in [1.29, 1.82) is 0 Å². The third-order valence-corrected chi connectivity index (χ3v) is 5.15. The van der Waals surface area contributed by atoms with E-state index < -0.39 is 0 Å². The number of thiophene rings is 1. The van der Waals surface area contributed by atoms with Crippen LogP contribution in [0, 0.1) is 17.8 Å². The summed E-state index contributed by atoms with van der Waals surface area (Å²) < 4.78 is 0. The third-order valence-electron chi connectivity index (χ3n) is 4.29. The Balaban J connectivity index is 1.95. The van der Waals surface area contributed by atoms with Crippen LogP contribution < -0.4 is 0 Å². The molecule has 0 bridgehead atoms. The first kappa shape index (κ1) is 14.7. The summed E-state index contributed by atoms with van der Waals surface area (Å²) >= 11 is 1.80. The van der Waals surface area contributed by atoms with Gasteiger partial charge in [0.05, 0.1) is 0 Å². The van der Waals surface area contributed by atoms with Crippen molar-refractivity contribution in [2.75, 3.05) is 13.1 Å². The average Bonchev–Trinajstić information content (AvgIpc) is 2.84. The maximum atomic E-state index is 12.2. The average molecular weight is 279 g/mol. The van der Waals surface area contributed by atoms with Crippen molar-refractivity contribution in [2.45, 2.75) is 40.2 Å². The quantitative estimate of drug-likeness (QED) is 0.816. The van der Waals surface area contributed by atoms with Gasteiger partial charge in [0, 0.05) is 30.3 Å². The van der Waals surface area contributed by atoms with Gasteiger partial charge >= 0.3 is 0 Å². The first-order valence-electron chi connectivity index (χ1n) is 7.37. The Morgan fingerprint density at radius 2 is 2.21 bits per heavy atom. The molecule has 1 heterocycles. The van der Waals surface area contributed by atoms with E-state index in [-0.39, 0.29) is 5.92 Å². The second-order valence-corrected chi connectivity index (χ2v) is 7.03. The lowest BCUT2D eigenvalue weighted by atomic mass is 9.74. The van der Waals surface area contributed by atoms with Gasteiger partial charge in [-0.05, 0) is 36.2 Å². The number of ketones is 1. The Kier molecular flexibility index (Phi) is 5.17. The second kappa shape index (κ2) is 6.67. The van der Waals surface area contributed by atoms with Crippen LogP contribution in [0.25, 0.3) is 0 Å². The van der Waals surface area contributed by atoms with Gasteiger partial charge in [-0.15, -0.1) is 11.3 Å². The molecule has 0 saturated heterocycles. The zero-order chi connectivity index (χ0) is 13.8. The van der Waals surface area contributed by atoms with Gasteiger partial charge in [-0.2, -0.15) is 0 Å². The molecule has 0 amide bonds. The molecule has 0 aromatic carbocycles. The fourth-order valence-electron chi connectivity index (χ4n) is 3.18. The molecule has 1 aromatic rings. The lowest BCUT2D eigenvalue weighted by Crippen LogP contribution is -2.39. The summed E-state index contributed by atoms with van der Waals surface area (Å²) in [6.07, 6.45) is 1.98. The molecule has 0 spiro atoms. The zero-order valence-corrected chi connectivity index (χ0v) is 13.1. The van der Waals surface area contributed by atoms with E-state index in [1.165, 1.54) is 11.3 Å². The Morgan fingerprint density at radius 1 is 1.42 bits per heavy atom. The maximum Gasteiger partial charge on any atom is 0.137 e. The predicted octanol–water partition coefficient (Wildman–Crippen LogP) is 3.82. The fourth-order valence-corrected chi connectivity index (χ4v) is 3.93. The maximum absolute atomic E-state index is 12.2. The van der Waals surface area contributed by atoms with Crippen LogP contribution in [0.4, 0.5) is 0 Å². The van der Waals surface area contributed by atoms with Crippen LogP contribution in [0.1, 0.15) is 38.5 Å². The highest BCUT2D eigenvalue weighted by molar-refractivity contribution is 7.09. The first-order chi connectivity index (χ1) is 9.10. The molecule has 1 aromatic heterocycles. The van der Waals surface area contributed by atoms with E-state index in [1.54, 1.807) is 11.3 Å². The molecule has 3 heteroatoms. The van der Waals surface area contributed by atoms with E-state index in [9.17, 15) is 4.79 Å². The highest BCUT2D eigenvalue weighted by Gasteiger charge is 2.33. The van der Waals surface area contributed by atoms with Crippen molar-refractivity contribution in [3.8, 4) is 0 Å². The summed E-state index contributed by atoms with van der Waals surface area (Å²) in [6, 6.07) is 4.28. The molecule has 1 aliphatic carbocycles. The minimum Gasteiger partial charge on any atom is -0.299 e. The monoisotopic (exact) mass is 279 g/mol. The molecule has 106 valence electrons. The van der Waals surface area contributed by atoms with Crippen LogP contribution in [0.5, 0.6) is 0 Å². The standard InChI is InChI=1S/C16H25NOS/c1-4-17(10-14-6-5-7-19-14)11-15-13(3)8-12(2)9-16(15)18/h5-7,12-13,15H,4,8-11H2,1-3H3. The van der Waals surface area contributed by atoms with Gasteiger partial charge in [0.1, 0.15) is 5.78 Å². The molecule has 2 nitrogen and oxygen atoms in total. The van der Waals surface area contributed by atoms with E-state index in [0.29, 0.717) is 17.6 Å². The molecule has 3 atom stereocenters. The second-order valence-electron chi connectivity index (χ2n) is 6.00. The van der Waals surface area contributed by atoms with Crippen molar-refractivity contribution >= 4 is 17.1 Å². The van der Waals surface area contributed by atoms with Crippen LogP contribution in [0.2, 0.25) is 0 Å². The van der Waals surface area contributed by atoms with E-state index in [1.807, 2.05) is 0 Å². The van der Waals surface area contributed by atoms with E-state index in [2.05, 4.69) is 43.2 Å². The van der Waals surface area contributed by atoms with Crippen LogP contribution in [-0.2, 0) is 11.3 Å². The van der Waals surface area contributed by atoms with Crippen molar-refractivity contribution in [1.82, 2.24) is 4.90 Å². The Bertz CT molecular complexity index is 401. The van der Waals surface area contributed by atoms with Crippen molar-refractivity contribution in [2.24, 2.45) is 17.8 Å². The summed E-state index contributed by atoms with van der Waals surface area (Å²) in [6.45, 7) is 9.57. The molecule has 1 fully saturated rings. The molecule has 1 aliphatic rings. The van der Waals surface area contributed by atoms with Crippen LogP contribution in [-0.4, -0.2) is 23.8 Å². The van der Waals surface area contributed by atoms with Gasteiger partial charge in [-0.3, -0.25) is 9.69 Å². The Labute approximate surface area is 120 Å². The van der Waals surface area contributed by atoms with Gasteiger partial charge in [-0.25, -0.2) is 0 Å². The van der Waals surface area contributed by atoms with E-state index >= 15 is 0 Å². The zero-order valence-electron chi connectivity index (χ0n) is 12.3. The molecule has 3 unspecified atom stereocenters. The van der Waals surface area contributed by atoms with E-state index in [0.717, 1.165) is 26.1 Å². The van der Waals surface area contributed by atoms with Crippen LogP contribution in [0.15, 0.2) is 17.5 Å². The smallest absolute Gasteiger partial charge is 0.137 e. The Morgan fingerprint density at radius 3 is 2.79 bits per heavy atom. The summed E-state index contributed by atoms with van der Waals surface area (Å²) in [7, 11) is 0. The highest BCUT2D eigenvalue weighted by Crippen LogP contribution is 2.31. The number of hydrogen-bond donors (Lipinski definition) is 0. The third kappa shape index (κ3) is 3.90. The van der Waals surface area contributed by atoms with E-state index in [4.69, 9.17) is 0 Å². The number of nitrogens with zero attached hydrogens (tertiary/aromatic N) is 1. The summed E-state index contributed by atoms with van der Waals surface area (Å²) in [5.41, 5.74) is 0. The molecule has 0 N–H and O–H groups in total. The normalized spacial score (nSPS) is 28.0. The van der Waals surface area contributed by atoms with Crippen LogP contribution >= 0.6 is 11.3 Å².